The molecular formula is C80H84N20O4. The Morgan fingerprint density at radius 1 is 0.317 bits per heavy atom. The fraction of sp³-hybridized carbons (Fsp3) is 0.300. The molecule has 528 valence electrons. The van der Waals surface area contributed by atoms with E-state index in [1.54, 1.807) is 74.4 Å². The third-order valence-corrected chi connectivity index (χ3v) is 21.1. The van der Waals surface area contributed by atoms with Gasteiger partial charge in [-0.25, -0.2) is 39.9 Å². The highest BCUT2D eigenvalue weighted by atomic mass is 16.2. The van der Waals surface area contributed by atoms with Crippen LogP contribution in [0, 0.1) is 75.0 Å². The summed E-state index contributed by atoms with van der Waals surface area (Å²) in [4.78, 5) is 101. The predicted octanol–water partition coefficient (Wildman–Crippen LogP) is 14.3. The van der Waals surface area contributed by atoms with E-state index in [9.17, 15) is 19.2 Å². The average molecular weight is 1390 g/mol. The van der Waals surface area contributed by atoms with Crippen LogP contribution in [-0.4, -0.2) is 83.4 Å². The summed E-state index contributed by atoms with van der Waals surface area (Å²) in [5, 5.41) is 18.4. The molecule has 4 amide bonds. The summed E-state index contributed by atoms with van der Waals surface area (Å²) in [6.07, 6.45) is 29.0. The minimum Gasteiger partial charge on any atom is -0.383 e. The lowest BCUT2D eigenvalue weighted by atomic mass is 9.74. The molecule has 4 aliphatic rings. The number of amides is 4. The lowest BCUT2D eigenvalue weighted by Gasteiger charge is -2.32. The van der Waals surface area contributed by atoms with Gasteiger partial charge < -0.3 is 44.2 Å². The number of nitrogens with zero attached hydrogens (tertiary/aromatic N) is 12. The van der Waals surface area contributed by atoms with Gasteiger partial charge in [0.15, 0.2) is 0 Å². The highest BCUT2D eigenvalue weighted by molar-refractivity contribution is 6.02. The predicted molar refractivity (Wildman–Crippen MR) is 410 cm³/mol. The highest BCUT2D eigenvalue weighted by Gasteiger charge is 2.36. The SMILES string of the molecule is Cc1ccncc1-c1cc2cc(NC(=O)[C@@H]3CC[C@@H]3C)ncc2c(N)n1.Cc1ccncc1-c1cc2cc(NC(=O)[C@@H]3CC[C@H]3C)ncc2c(N)n1.Cc1ccncc1-c1cc2cc(NC(=O)[C@H]3CC[C@@H]3C)ncc2c(N)n1.Cc1ccncc1-c1cc2cc(NC(=O)[C@H]3CC[C@H]3C)ncc2c(N)n1. The summed E-state index contributed by atoms with van der Waals surface area (Å²) in [7, 11) is 0. The standard InChI is InChI=1S/4C20H21N5O/c4*1-11-3-4-14(11)20(26)25-18-8-13-7-17(15-9-22-6-5-12(15)2)24-19(21)16(13)10-23-18/h4*5-11,14H,3-4H2,1-2H3,(H2,21,24)(H,23,25,26)/t2*11-,14+;2*11-,14-/m1010/s1. The van der Waals surface area contributed by atoms with Gasteiger partial charge in [-0.3, -0.25) is 39.1 Å². The Bertz CT molecular complexity index is 4650. The van der Waals surface area contributed by atoms with Crippen molar-refractivity contribution in [1.29, 1.82) is 0 Å². The number of carbonyl (C=O) groups is 4. The molecule has 0 aromatic carbocycles. The Labute approximate surface area is 602 Å². The van der Waals surface area contributed by atoms with Gasteiger partial charge >= 0.3 is 0 Å². The first-order valence-corrected chi connectivity index (χ1v) is 35.2. The molecule has 12 heterocycles. The van der Waals surface area contributed by atoms with E-state index in [0.29, 0.717) is 70.2 Å². The molecule has 24 nitrogen and oxygen atoms in total. The molecule has 24 heteroatoms. The summed E-state index contributed by atoms with van der Waals surface area (Å²) in [5.74, 6) is 6.11. The number of carbonyl (C=O) groups excluding carboxylic acids is 4. The third-order valence-electron chi connectivity index (χ3n) is 21.1. The van der Waals surface area contributed by atoms with Crippen LogP contribution in [0.5, 0.6) is 0 Å². The summed E-state index contributed by atoms with van der Waals surface area (Å²) in [5.41, 5.74) is 35.6. The Morgan fingerprint density at radius 2 is 0.529 bits per heavy atom. The quantitative estimate of drug-likeness (QED) is 0.0563. The Kier molecular flexibility index (Phi) is 20.5. The van der Waals surface area contributed by atoms with Crippen molar-refractivity contribution >= 4 is 113 Å². The number of nitrogens with two attached hydrogens (primary N) is 4. The fourth-order valence-corrected chi connectivity index (χ4v) is 13.6. The molecule has 0 saturated heterocycles. The molecule has 0 unspecified atom stereocenters. The van der Waals surface area contributed by atoms with Crippen LogP contribution in [0.1, 0.15) is 101 Å². The first-order valence-electron chi connectivity index (χ1n) is 35.2. The van der Waals surface area contributed by atoms with Gasteiger partial charge in [0.2, 0.25) is 23.6 Å². The second kappa shape index (κ2) is 30.2. The number of aromatic nitrogens is 12. The maximum atomic E-state index is 12.3. The zero-order valence-corrected chi connectivity index (χ0v) is 59.4. The molecule has 12 N–H and O–H groups in total. The van der Waals surface area contributed by atoms with Crippen LogP contribution >= 0.6 is 0 Å². The Balaban J connectivity index is 0.000000123. The number of nitrogen functional groups attached to an aromatic ring is 4. The van der Waals surface area contributed by atoms with Crippen LogP contribution in [0.15, 0.2) is 147 Å². The lowest BCUT2D eigenvalue weighted by molar-refractivity contribution is -0.125. The van der Waals surface area contributed by atoms with Gasteiger partial charge in [0.05, 0.1) is 22.8 Å². The van der Waals surface area contributed by atoms with Crippen LogP contribution in [0.4, 0.5) is 46.5 Å². The lowest BCUT2D eigenvalue weighted by Crippen LogP contribution is -2.35. The summed E-state index contributed by atoms with van der Waals surface area (Å²) >= 11 is 0. The van der Waals surface area contributed by atoms with E-state index >= 15 is 0 Å². The number of fused-ring (bicyclic) bond motifs is 4. The second-order valence-electron chi connectivity index (χ2n) is 28.1. The van der Waals surface area contributed by atoms with E-state index in [4.69, 9.17) is 22.9 Å². The van der Waals surface area contributed by atoms with Crippen molar-refractivity contribution in [3.8, 4) is 45.0 Å². The molecule has 0 bridgehead atoms. The molecule has 4 fully saturated rings. The summed E-state index contributed by atoms with van der Waals surface area (Å²) in [6.45, 7) is 16.5. The molecule has 0 aliphatic heterocycles. The van der Waals surface area contributed by atoms with Crippen LogP contribution < -0.4 is 44.2 Å². The molecule has 0 radical (unpaired) electrons. The molecule has 12 aromatic rings. The topological polar surface area (TPSA) is 375 Å². The van der Waals surface area contributed by atoms with Gasteiger partial charge in [0.25, 0.3) is 0 Å². The Morgan fingerprint density at radius 3 is 0.702 bits per heavy atom. The fourth-order valence-electron chi connectivity index (χ4n) is 13.6. The molecule has 4 aliphatic carbocycles. The molecule has 0 spiro atoms. The number of aryl methyl sites for hydroxylation is 4. The third kappa shape index (κ3) is 15.2. The molecular weight excluding hydrogens is 1310 g/mol. The van der Waals surface area contributed by atoms with E-state index in [-0.39, 0.29) is 47.3 Å². The summed E-state index contributed by atoms with van der Waals surface area (Å²) < 4.78 is 0. The first-order chi connectivity index (χ1) is 50.1. The normalized spacial score (nSPS) is 19.2. The smallest absolute Gasteiger partial charge is 0.228 e. The highest BCUT2D eigenvalue weighted by Crippen LogP contribution is 2.40. The van der Waals surface area contributed by atoms with Gasteiger partial charge in [0.1, 0.15) is 46.5 Å². The maximum absolute atomic E-state index is 12.3. The van der Waals surface area contributed by atoms with E-state index in [2.05, 4.69) is 109 Å². The monoisotopic (exact) mass is 1390 g/mol. The van der Waals surface area contributed by atoms with Gasteiger partial charge in [-0.1, -0.05) is 27.7 Å². The maximum Gasteiger partial charge on any atom is 0.228 e. The van der Waals surface area contributed by atoms with Crippen molar-refractivity contribution in [3.63, 3.8) is 0 Å². The van der Waals surface area contributed by atoms with Crippen molar-refractivity contribution < 1.29 is 19.2 Å². The van der Waals surface area contributed by atoms with E-state index in [1.165, 1.54) is 0 Å². The first kappa shape index (κ1) is 70.4. The van der Waals surface area contributed by atoms with Crippen molar-refractivity contribution in [2.24, 2.45) is 47.3 Å². The minimum absolute atomic E-state index is 0.0426. The average Bonchev–Trinajstić information content (AvgIpc) is 0.801. The van der Waals surface area contributed by atoms with Gasteiger partial charge in [-0.15, -0.1) is 0 Å². The van der Waals surface area contributed by atoms with E-state index < -0.39 is 0 Å². The minimum atomic E-state index is 0.0426. The van der Waals surface area contributed by atoms with E-state index in [1.807, 2.05) is 100 Å². The largest absolute Gasteiger partial charge is 0.383 e. The molecule has 4 saturated carbocycles. The van der Waals surface area contributed by atoms with Crippen molar-refractivity contribution in [2.75, 3.05) is 44.2 Å². The van der Waals surface area contributed by atoms with Crippen molar-refractivity contribution in [3.05, 3.63) is 169 Å². The number of anilines is 8. The number of rotatable bonds is 12. The molecule has 12 aromatic heterocycles. The van der Waals surface area contributed by atoms with Gasteiger partial charge in [-0.05, 0) is 219 Å². The second-order valence-corrected chi connectivity index (χ2v) is 28.1. The van der Waals surface area contributed by atoms with Crippen LogP contribution in [-0.2, 0) is 19.2 Å². The van der Waals surface area contributed by atoms with E-state index in [0.717, 1.165) is 162 Å². The number of hydrogen-bond acceptors (Lipinski definition) is 20. The molecule has 104 heavy (non-hydrogen) atoms. The number of nitrogens with one attached hydrogen (secondary N) is 4. The van der Waals surface area contributed by atoms with Crippen molar-refractivity contribution in [1.82, 2.24) is 59.8 Å². The van der Waals surface area contributed by atoms with Gasteiger partial charge in [-0.2, -0.15) is 0 Å². The van der Waals surface area contributed by atoms with Gasteiger partial charge in [0, 0.05) is 142 Å². The van der Waals surface area contributed by atoms with Crippen LogP contribution in [0.3, 0.4) is 0 Å². The van der Waals surface area contributed by atoms with Crippen LogP contribution in [0.25, 0.3) is 88.1 Å². The zero-order chi connectivity index (χ0) is 73.0. The molecule has 16 rings (SSSR count). The zero-order valence-electron chi connectivity index (χ0n) is 59.4. The number of pyridine rings is 12. The molecule has 8 atom stereocenters. The van der Waals surface area contributed by atoms with Crippen LogP contribution in [0.2, 0.25) is 0 Å². The Hall–Kier alpha value is -12.1. The number of hydrogen-bond donors (Lipinski definition) is 8. The van der Waals surface area contributed by atoms with Crippen molar-refractivity contribution in [2.45, 2.75) is 107 Å². The summed E-state index contributed by atoms with van der Waals surface area (Å²) in [6, 6.07) is 23.0.